The smallest absolute Gasteiger partial charge is 0.243 e. The number of phenols is 1. The molecular formula is C31H39B9N8O4. The van der Waals surface area contributed by atoms with Crippen LogP contribution in [-0.4, -0.2) is 137 Å². The van der Waals surface area contributed by atoms with Crippen LogP contribution in [0.15, 0.2) is 17.1 Å². The summed E-state index contributed by atoms with van der Waals surface area (Å²) >= 11 is 0. The van der Waals surface area contributed by atoms with E-state index in [9.17, 15) is 19.5 Å². The van der Waals surface area contributed by atoms with Crippen molar-refractivity contribution in [2.45, 2.75) is 74.5 Å². The van der Waals surface area contributed by atoms with Crippen molar-refractivity contribution < 1.29 is 19.5 Å². The van der Waals surface area contributed by atoms with E-state index >= 15 is 0 Å². The van der Waals surface area contributed by atoms with Gasteiger partial charge in [0.1, 0.15) is 57.1 Å². The van der Waals surface area contributed by atoms with Gasteiger partial charge in [-0.25, -0.2) is 0 Å². The highest BCUT2D eigenvalue weighted by atomic mass is 16.3. The second-order valence-corrected chi connectivity index (χ2v) is 13.0. The first-order chi connectivity index (χ1) is 24.0. The van der Waals surface area contributed by atoms with Gasteiger partial charge in [0.15, 0.2) is 5.96 Å². The molecule has 0 fully saturated rings. The van der Waals surface area contributed by atoms with Gasteiger partial charge >= 0.3 is 0 Å². The van der Waals surface area contributed by atoms with E-state index in [0.29, 0.717) is 28.7 Å². The molecule has 3 atom stereocenters. The number of rotatable bonds is 18. The average molecular weight is 685 g/mol. The molecule has 2 rings (SSSR count). The molecule has 0 aromatic heterocycles. The van der Waals surface area contributed by atoms with E-state index in [1.165, 1.54) is 12.1 Å². The lowest BCUT2D eigenvalue weighted by Crippen LogP contribution is -2.58. The first-order valence-electron chi connectivity index (χ1n) is 16.4. The lowest BCUT2D eigenvalue weighted by Gasteiger charge is -2.45. The molecule has 12 N–H and O–H groups in total. The van der Waals surface area contributed by atoms with Gasteiger partial charge in [0.25, 0.3) is 0 Å². The molecule has 0 aliphatic carbocycles. The number of aryl methyl sites for hydroxylation is 2. The third-order valence-electron chi connectivity index (χ3n) is 8.89. The number of carbonyl (C=O) groups excluding carboxylic acids is 3. The molecule has 3 amide bonds. The van der Waals surface area contributed by atoms with Crippen molar-refractivity contribution in [1.82, 2.24) is 16.0 Å². The molecule has 254 valence electrons. The normalized spacial score (nSPS) is 13.4. The molecule has 0 saturated heterocycles. The predicted octanol–water partition coefficient (Wildman–Crippen LogP) is -7.51. The fourth-order valence-electron chi connectivity index (χ4n) is 5.44. The summed E-state index contributed by atoms with van der Waals surface area (Å²) in [5, 5.41) is 14.2. The Morgan fingerprint density at radius 3 is 1.85 bits per heavy atom. The lowest BCUT2D eigenvalue weighted by molar-refractivity contribution is -0.132. The Bertz CT molecular complexity index is 1610. The zero-order valence-corrected chi connectivity index (χ0v) is 29.7. The average Bonchev–Trinajstić information content (AvgIpc) is 3.06. The number of nitrogens with zero attached hydrogens (tertiary/aromatic N) is 1. The first-order valence-corrected chi connectivity index (χ1v) is 16.4. The van der Waals surface area contributed by atoms with Crippen molar-refractivity contribution >= 4 is 122 Å². The van der Waals surface area contributed by atoms with Gasteiger partial charge in [0.2, 0.25) is 17.7 Å². The van der Waals surface area contributed by atoms with Crippen LogP contribution in [-0.2, 0) is 27.2 Å². The minimum atomic E-state index is -1.99. The molecule has 0 saturated carbocycles. The third-order valence-corrected chi connectivity index (χ3v) is 8.89. The van der Waals surface area contributed by atoms with E-state index in [4.69, 9.17) is 93.6 Å². The number of hydrogen-bond acceptors (Lipinski definition) is 7. The zero-order valence-electron chi connectivity index (χ0n) is 29.7. The van der Waals surface area contributed by atoms with Crippen LogP contribution in [0.25, 0.3) is 0 Å². The van der Waals surface area contributed by atoms with E-state index in [1.54, 1.807) is 13.8 Å². The van der Waals surface area contributed by atoms with Crippen LogP contribution in [0.3, 0.4) is 0 Å². The monoisotopic (exact) mass is 686 g/mol. The number of carbonyl (C=O) groups is 3. The largest absolute Gasteiger partial charge is 0.508 e. The molecule has 0 bridgehead atoms. The van der Waals surface area contributed by atoms with Crippen molar-refractivity contribution in [3.8, 4) is 5.75 Å². The van der Waals surface area contributed by atoms with E-state index in [1.807, 2.05) is 0 Å². The Hall–Kier alpha value is -3.58. The first kappa shape index (κ1) is 44.6. The van der Waals surface area contributed by atoms with Crippen LogP contribution >= 0.6 is 0 Å². The molecular weight excluding hydrogens is 646 g/mol. The molecule has 21 heteroatoms. The Morgan fingerprint density at radius 2 is 1.33 bits per heavy atom. The van der Waals surface area contributed by atoms with E-state index in [0.717, 1.165) is 0 Å². The maximum absolute atomic E-state index is 14.1. The summed E-state index contributed by atoms with van der Waals surface area (Å²) < 4.78 is 0. The van der Waals surface area contributed by atoms with Crippen LogP contribution in [0.5, 0.6) is 5.75 Å². The Labute approximate surface area is 318 Å². The van der Waals surface area contributed by atoms with Crippen LogP contribution in [0.4, 0.5) is 0 Å². The van der Waals surface area contributed by atoms with Crippen LogP contribution in [0.2, 0.25) is 10.4 Å². The van der Waals surface area contributed by atoms with Crippen molar-refractivity contribution in [2.24, 2.45) is 27.9 Å². The summed E-state index contributed by atoms with van der Waals surface area (Å²) in [7, 11) is 54.8. The van der Waals surface area contributed by atoms with Gasteiger partial charge in [-0.2, -0.15) is 0 Å². The zero-order chi connectivity index (χ0) is 39.7. The molecule has 0 aliphatic rings. The van der Waals surface area contributed by atoms with E-state index < -0.39 is 52.7 Å². The van der Waals surface area contributed by atoms with Gasteiger partial charge < -0.3 is 44.0 Å². The van der Waals surface area contributed by atoms with E-state index in [2.05, 4.69) is 20.9 Å². The van der Waals surface area contributed by atoms with Crippen LogP contribution in [0.1, 0.15) is 41.5 Å². The summed E-state index contributed by atoms with van der Waals surface area (Å²) in [5.41, 5.74) is 25.2. The molecule has 52 heavy (non-hydrogen) atoms. The van der Waals surface area contributed by atoms with Gasteiger partial charge in [-0.15, -0.1) is 32.5 Å². The Balaban J connectivity index is 2.43. The number of amides is 3. The van der Waals surface area contributed by atoms with Crippen LogP contribution < -0.4 is 66.2 Å². The highest BCUT2D eigenvalue weighted by Gasteiger charge is 2.39. The number of hydrogen-bond donors (Lipinski definition) is 8. The number of aliphatic imine (C=N–C) groups is 1. The van der Waals surface area contributed by atoms with Gasteiger partial charge in [0, 0.05) is 19.5 Å². The molecule has 0 aliphatic heterocycles. The molecule has 2 aromatic carbocycles. The lowest BCUT2D eigenvalue weighted by atomic mass is 9.28. The number of aromatic hydroxyl groups is 1. The van der Waals surface area contributed by atoms with Crippen LogP contribution in [0, 0.1) is 13.8 Å². The Morgan fingerprint density at radius 1 is 0.808 bits per heavy atom. The predicted molar refractivity (Wildman–Crippen MR) is 215 cm³/mol. The number of phenolic OH excluding ortho intramolecular Hbond substituents is 1. The summed E-state index contributed by atoms with van der Waals surface area (Å²) in [4.78, 5) is 44.9. The maximum atomic E-state index is 14.1. The summed E-state index contributed by atoms with van der Waals surface area (Å²) in [6.07, 6.45) is 0.0826. The second-order valence-electron chi connectivity index (χ2n) is 13.0. The summed E-state index contributed by atoms with van der Waals surface area (Å²) in [6, 6.07) is -0.764. The van der Waals surface area contributed by atoms with Crippen molar-refractivity contribution in [2.75, 3.05) is 19.6 Å². The number of benzene rings is 2. The minimum absolute atomic E-state index is 0.0189. The van der Waals surface area contributed by atoms with Crippen molar-refractivity contribution in [3.05, 3.63) is 34.4 Å². The molecule has 0 spiro atoms. The summed E-state index contributed by atoms with van der Waals surface area (Å²) in [5.74, 6) is -2.30. The maximum Gasteiger partial charge on any atom is 0.243 e. The number of nitrogens with two attached hydrogens (primary N) is 4. The van der Waals surface area contributed by atoms with Gasteiger partial charge in [0.05, 0.1) is 37.4 Å². The number of nitrogens with one attached hydrogen (secondary N) is 3. The van der Waals surface area contributed by atoms with Gasteiger partial charge in [-0.05, 0) is 74.9 Å². The molecule has 12 nitrogen and oxygen atoms in total. The van der Waals surface area contributed by atoms with Gasteiger partial charge in [-0.1, -0.05) is 10.8 Å². The minimum Gasteiger partial charge on any atom is -0.508 e. The van der Waals surface area contributed by atoms with Crippen molar-refractivity contribution in [3.63, 3.8) is 0 Å². The topological polar surface area (TPSA) is 224 Å². The highest BCUT2D eigenvalue weighted by Crippen LogP contribution is 2.44. The van der Waals surface area contributed by atoms with E-state index in [-0.39, 0.29) is 77.9 Å². The summed E-state index contributed by atoms with van der Waals surface area (Å²) in [6.45, 7) is 3.26. The molecule has 18 radical (unpaired) electrons. The Kier molecular flexibility index (Phi) is 16.3. The molecule has 0 heterocycles. The van der Waals surface area contributed by atoms with Gasteiger partial charge in [-0.3, -0.25) is 19.4 Å². The second kappa shape index (κ2) is 19.0. The number of guanidine groups is 1. The third kappa shape index (κ3) is 11.7. The SMILES string of the molecule is [B]c1c([B])c([B])c(CCNC(=O)[C@H](CC([B])([B])C([B])([B])CN)NC(=O)[C@H](Cc2c(C)cc(O)cc2C)NC(=O)[C@H](N)CCCN=C(N)N)c([B])c1[B]. The fourth-order valence-corrected chi connectivity index (χ4v) is 5.44. The van der Waals surface area contributed by atoms with Crippen molar-refractivity contribution in [1.29, 1.82) is 0 Å². The fraction of sp³-hybridized carbons (Fsp3) is 0.484. The molecule has 0 unspecified atom stereocenters. The quantitative estimate of drug-likeness (QED) is 0.0325. The highest BCUT2D eigenvalue weighted by molar-refractivity contribution is 6.67. The standard InChI is InChI=1S/C31H39B9N8O4/c1-13-8-15(49)9-14(2)17(13)10-19(47-26(50)18(42)4-3-6-46-29(43)44)28(52)48-20(11-30(37,38)31(39,40)12-41)27(51)45-7-5-16-21(32)23(34)25(36)24(35)22(16)33/h8-9,18-20,49H,3-7,10-12,41-42H2,1-2H3,(H,45,51)(H,47,50)(H,48,52)(H4,43,44,46)/t18-,19+,20+/m1/s1. The molecule has 2 aromatic rings.